The normalized spacial score (nSPS) is 15.3. The molecule has 0 aliphatic carbocycles. The number of carbonyl (C=O) groups is 3. The number of hydrogen-bond donors (Lipinski definition) is 5. The molecule has 0 spiro atoms. The van der Waals surface area contributed by atoms with Crippen molar-refractivity contribution in [3.05, 3.63) is 58.9 Å². The van der Waals surface area contributed by atoms with Gasteiger partial charge >= 0.3 is 6.09 Å². The van der Waals surface area contributed by atoms with Crippen LogP contribution in [0.25, 0.3) is 11.1 Å². The molecule has 224 valence electrons. The molecule has 3 amide bonds. The molecule has 42 heavy (non-hydrogen) atoms. The Morgan fingerprint density at radius 3 is 2.67 bits per heavy atom. The zero-order valence-electron chi connectivity index (χ0n) is 23.3. The minimum Gasteiger partial charge on any atom is -0.442 e. The third kappa shape index (κ3) is 8.44. The number of amides is 3. The Morgan fingerprint density at radius 1 is 1.17 bits per heavy atom. The van der Waals surface area contributed by atoms with Gasteiger partial charge in [-0.2, -0.15) is 4.37 Å². The molecular formula is C28H35FN8O4S. The molecular weight excluding hydrogens is 563 g/mol. The van der Waals surface area contributed by atoms with Crippen LogP contribution in [-0.4, -0.2) is 59.0 Å². The molecule has 0 bridgehead atoms. The first-order valence-corrected chi connectivity index (χ1v) is 14.4. The summed E-state index contributed by atoms with van der Waals surface area (Å²) in [7, 11) is 0. The van der Waals surface area contributed by atoms with Crippen LogP contribution in [0.2, 0.25) is 0 Å². The van der Waals surface area contributed by atoms with Gasteiger partial charge in [-0.1, -0.05) is 30.7 Å². The molecule has 12 nitrogen and oxygen atoms in total. The van der Waals surface area contributed by atoms with Gasteiger partial charge in [0.2, 0.25) is 17.8 Å². The highest BCUT2D eigenvalue weighted by molar-refractivity contribution is 7.05. The Labute approximate surface area is 247 Å². The van der Waals surface area contributed by atoms with Crippen LogP contribution in [0.3, 0.4) is 0 Å². The molecule has 2 aromatic carbocycles. The number of unbranched alkanes of at least 4 members (excludes halogenated alkanes) is 1. The van der Waals surface area contributed by atoms with Crippen molar-refractivity contribution >= 4 is 41.1 Å². The first kappa shape index (κ1) is 30.8. The Kier molecular flexibility index (Phi) is 10.8. The van der Waals surface area contributed by atoms with Crippen molar-refractivity contribution in [2.75, 3.05) is 29.9 Å². The first-order valence-electron chi connectivity index (χ1n) is 13.6. The van der Waals surface area contributed by atoms with E-state index >= 15 is 4.39 Å². The highest BCUT2D eigenvalue weighted by Crippen LogP contribution is 2.29. The lowest BCUT2D eigenvalue weighted by molar-refractivity contribution is -0.122. The molecule has 0 radical (unpaired) electrons. The van der Waals surface area contributed by atoms with Crippen LogP contribution in [-0.2, 0) is 27.4 Å². The molecule has 4 rings (SSSR count). The van der Waals surface area contributed by atoms with Gasteiger partial charge in [-0.05, 0) is 60.2 Å². The van der Waals surface area contributed by atoms with Gasteiger partial charge in [0.15, 0.2) is 0 Å². The molecule has 0 unspecified atom stereocenters. The van der Waals surface area contributed by atoms with Crippen LogP contribution in [0.5, 0.6) is 0 Å². The Bertz CT molecular complexity index is 1390. The van der Waals surface area contributed by atoms with E-state index in [4.69, 9.17) is 16.2 Å². The smallest absolute Gasteiger partial charge is 0.414 e. The molecule has 1 aliphatic rings. The fraction of sp³-hybridized carbons (Fsp3) is 0.393. The highest BCUT2D eigenvalue weighted by Gasteiger charge is 2.32. The monoisotopic (exact) mass is 598 g/mol. The summed E-state index contributed by atoms with van der Waals surface area (Å²) in [6.07, 6.45) is 1.14. The molecule has 2 atom stereocenters. The van der Waals surface area contributed by atoms with Crippen molar-refractivity contribution in [2.45, 2.75) is 51.4 Å². The van der Waals surface area contributed by atoms with Crippen molar-refractivity contribution in [3.8, 4) is 11.1 Å². The fourth-order valence-corrected chi connectivity index (χ4v) is 4.88. The van der Waals surface area contributed by atoms with Gasteiger partial charge in [0.1, 0.15) is 16.9 Å². The molecule has 14 heteroatoms. The number of carbonyl (C=O) groups excluding carboxylic acids is 3. The number of benzene rings is 2. The fourth-order valence-electron chi connectivity index (χ4n) is 4.32. The molecule has 0 saturated carbocycles. The van der Waals surface area contributed by atoms with Gasteiger partial charge in [0.05, 0.1) is 31.4 Å². The van der Waals surface area contributed by atoms with Crippen LogP contribution in [0.1, 0.15) is 36.8 Å². The zero-order chi connectivity index (χ0) is 30.1. The van der Waals surface area contributed by atoms with Crippen LogP contribution in [0, 0.1) is 5.82 Å². The van der Waals surface area contributed by atoms with E-state index in [1.54, 1.807) is 12.1 Å². The van der Waals surface area contributed by atoms with E-state index in [0.29, 0.717) is 47.3 Å². The Hall–Kier alpha value is -4.14. The number of aromatic nitrogens is 2. The molecule has 1 aromatic heterocycles. The van der Waals surface area contributed by atoms with Gasteiger partial charge in [-0.3, -0.25) is 14.5 Å². The maximum absolute atomic E-state index is 15.1. The predicted molar refractivity (Wildman–Crippen MR) is 158 cm³/mol. The van der Waals surface area contributed by atoms with E-state index in [9.17, 15) is 14.4 Å². The van der Waals surface area contributed by atoms with E-state index in [0.717, 1.165) is 18.4 Å². The molecule has 3 aromatic rings. The first-order chi connectivity index (χ1) is 20.2. The van der Waals surface area contributed by atoms with Gasteiger partial charge in [-0.25, -0.2) is 14.2 Å². The summed E-state index contributed by atoms with van der Waals surface area (Å²) in [6.45, 7) is 3.08. The van der Waals surface area contributed by atoms with Gasteiger partial charge in [0, 0.05) is 19.0 Å². The van der Waals surface area contributed by atoms with E-state index in [1.807, 2.05) is 24.3 Å². The van der Waals surface area contributed by atoms with Gasteiger partial charge in [-0.15, -0.1) is 0 Å². The standard InChI is InChI=1S/C28H35FN8O4S/c1-17(38)32-14-21-16-37(28(40)41-21)20-9-10-22(23(29)12-20)19-7-5-18(6-8-19)13-34-27-35-25(42-36-27)15-33-26(39)24(31)4-2-3-11-30/h5-10,12,21,24H,2-4,11,13-16,30-31H2,1H3,(H,32,38)(H,33,39)(H,34,36)/t21-,24+/m0/s1. The number of ether oxygens (including phenoxy) is 1. The van der Waals surface area contributed by atoms with E-state index < -0.39 is 24.1 Å². The summed E-state index contributed by atoms with van der Waals surface area (Å²) in [5.41, 5.74) is 13.8. The van der Waals surface area contributed by atoms with Crippen LogP contribution >= 0.6 is 11.5 Å². The molecule has 2 heterocycles. The summed E-state index contributed by atoms with van der Waals surface area (Å²) in [5, 5.41) is 9.21. The quantitative estimate of drug-likeness (QED) is 0.174. The van der Waals surface area contributed by atoms with E-state index in [1.165, 1.54) is 29.4 Å². The minimum atomic E-state index is -0.584. The lowest BCUT2D eigenvalue weighted by atomic mass is 10.0. The topological polar surface area (TPSA) is 178 Å². The summed E-state index contributed by atoms with van der Waals surface area (Å²) in [4.78, 5) is 41.3. The minimum absolute atomic E-state index is 0.197. The van der Waals surface area contributed by atoms with Crippen LogP contribution in [0.15, 0.2) is 42.5 Å². The highest BCUT2D eigenvalue weighted by atomic mass is 32.1. The van der Waals surface area contributed by atoms with Gasteiger partial charge < -0.3 is 32.2 Å². The average Bonchev–Trinajstić information content (AvgIpc) is 3.60. The van der Waals surface area contributed by atoms with E-state index in [2.05, 4.69) is 25.3 Å². The number of hydrogen-bond acceptors (Lipinski definition) is 10. The summed E-state index contributed by atoms with van der Waals surface area (Å²) < 4.78 is 24.6. The number of rotatable bonds is 14. The second-order valence-electron chi connectivity index (χ2n) is 9.89. The number of nitrogens with one attached hydrogen (secondary N) is 3. The Balaban J connectivity index is 1.27. The molecule has 1 aliphatic heterocycles. The van der Waals surface area contributed by atoms with Crippen molar-refractivity contribution in [3.63, 3.8) is 0 Å². The van der Waals surface area contributed by atoms with Crippen LogP contribution < -0.4 is 32.3 Å². The third-order valence-corrected chi connectivity index (χ3v) is 7.33. The summed E-state index contributed by atoms with van der Waals surface area (Å²) in [6, 6.07) is 11.4. The second-order valence-corrected chi connectivity index (χ2v) is 10.7. The zero-order valence-corrected chi connectivity index (χ0v) is 24.1. The van der Waals surface area contributed by atoms with E-state index in [-0.39, 0.29) is 31.4 Å². The molecule has 1 fully saturated rings. The van der Waals surface area contributed by atoms with Crippen molar-refractivity contribution in [1.29, 1.82) is 0 Å². The van der Waals surface area contributed by atoms with Crippen LogP contribution in [0.4, 0.5) is 20.8 Å². The van der Waals surface area contributed by atoms with Crippen molar-refractivity contribution in [2.24, 2.45) is 11.5 Å². The maximum Gasteiger partial charge on any atom is 0.414 e. The number of nitrogens with two attached hydrogens (primary N) is 2. The lowest BCUT2D eigenvalue weighted by Crippen LogP contribution is -2.40. The number of nitrogens with zero attached hydrogens (tertiary/aromatic N) is 3. The lowest BCUT2D eigenvalue weighted by Gasteiger charge is -2.15. The molecule has 1 saturated heterocycles. The summed E-state index contributed by atoms with van der Waals surface area (Å²) >= 11 is 1.19. The van der Waals surface area contributed by atoms with Crippen molar-refractivity contribution in [1.82, 2.24) is 20.0 Å². The number of cyclic esters (lactones) is 1. The predicted octanol–water partition coefficient (Wildman–Crippen LogP) is 2.49. The molecule has 7 N–H and O–H groups in total. The van der Waals surface area contributed by atoms with Gasteiger partial charge in [0.25, 0.3) is 0 Å². The second kappa shape index (κ2) is 14.7. The third-order valence-electron chi connectivity index (χ3n) is 6.62. The van der Waals surface area contributed by atoms with Crippen molar-refractivity contribution < 1.29 is 23.5 Å². The number of halogens is 1. The average molecular weight is 599 g/mol. The summed E-state index contributed by atoms with van der Waals surface area (Å²) in [5.74, 6) is -0.473. The SMILES string of the molecule is CC(=O)NC[C@H]1CN(c2ccc(-c3ccc(CNc4nsc(CNC(=O)[C@H](N)CCCCN)n4)cc3)c(F)c2)C(=O)O1. The maximum atomic E-state index is 15.1. The number of anilines is 2. The largest absolute Gasteiger partial charge is 0.442 e. The Morgan fingerprint density at radius 2 is 1.95 bits per heavy atom.